The number of hydrogen-bond acceptors (Lipinski definition) is 3. The van der Waals surface area contributed by atoms with E-state index < -0.39 is 17.2 Å². The Kier molecular flexibility index (Phi) is 3.99. The van der Waals surface area contributed by atoms with E-state index in [9.17, 15) is 21.6 Å². The molecule has 4 rings (SSSR count). The molecule has 4 bridgehead atoms. The van der Waals surface area contributed by atoms with Gasteiger partial charge in [-0.25, -0.2) is 0 Å². The Morgan fingerprint density at radius 1 is 0.944 bits per heavy atom. The molecule has 0 aromatic heterocycles. The van der Waals surface area contributed by atoms with Crippen molar-refractivity contribution in [1.29, 1.82) is 0 Å². The van der Waals surface area contributed by atoms with E-state index in [4.69, 9.17) is 0 Å². The summed E-state index contributed by atoms with van der Waals surface area (Å²) in [5.41, 5.74) is -0.165. The summed E-state index contributed by atoms with van der Waals surface area (Å²) in [6, 6.07) is 0. The molecule has 4 aliphatic carbocycles. The second-order valence-corrected chi connectivity index (χ2v) is 6.31. The fraction of sp³-hybridized carbons (Fsp3) is 1.00. The van der Waals surface area contributed by atoms with Crippen molar-refractivity contribution in [2.45, 2.75) is 50.7 Å². The zero-order valence-corrected chi connectivity index (χ0v) is 10.7. The largest absolute Gasteiger partial charge is 0.379 e. The topological polar surface area (TPSA) is 46.5 Å². The Hall–Kier alpha value is -0.590. The Labute approximate surface area is 105 Å². The van der Waals surface area contributed by atoms with Crippen LogP contribution in [0, 0.1) is 17.8 Å². The van der Waals surface area contributed by atoms with Crippen LogP contribution in [0.5, 0.6) is 0 Å². The van der Waals surface area contributed by atoms with Gasteiger partial charge in [0.15, 0.2) is 0 Å². The van der Waals surface area contributed by atoms with Crippen LogP contribution in [0.4, 0.5) is 13.2 Å². The molecule has 4 saturated carbocycles. The van der Waals surface area contributed by atoms with Gasteiger partial charge in [-0.2, -0.15) is 26.0 Å². The SMILES string of the molecule is FC(F)F.O=S(=O)=NC12CC3CC(CC(C3)C1)C2. The van der Waals surface area contributed by atoms with E-state index in [0.29, 0.717) is 0 Å². The first-order valence-corrected chi connectivity index (χ1v) is 7.16. The highest BCUT2D eigenvalue weighted by atomic mass is 32.2. The fourth-order valence-electron chi connectivity index (χ4n) is 4.33. The normalized spacial score (nSPS) is 40.3. The minimum absolute atomic E-state index is 0.165. The molecule has 104 valence electrons. The van der Waals surface area contributed by atoms with Crippen LogP contribution in [0.25, 0.3) is 0 Å². The van der Waals surface area contributed by atoms with Gasteiger partial charge in [-0.1, -0.05) is 0 Å². The first-order chi connectivity index (χ1) is 8.38. The Bertz CT molecular complexity index is 390. The summed E-state index contributed by atoms with van der Waals surface area (Å²) in [7, 11) is -2.20. The van der Waals surface area contributed by atoms with Crippen LogP contribution in [0.3, 0.4) is 0 Å². The van der Waals surface area contributed by atoms with E-state index >= 15 is 0 Å². The molecule has 0 radical (unpaired) electrons. The number of hydrogen-bond donors (Lipinski definition) is 0. The molecule has 0 aromatic rings. The minimum Gasteiger partial charge on any atom is -0.174 e. The summed E-state index contributed by atoms with van der Waals surface area (Å²) in [5, 5.41) is 0. The maximum atomic E-state index is 10.7. The maximum Gasteiger partial charge on any atom is 0.379 e. The molecule has 0 unspecified atom stereocenters. The molecule has 7 heteroatoms. The summed E-state index contributed by atoms with van der Waals surface area (Å²) < 4.78 is 54.4. The van der Waals surface area contributed by atoms with Crippen molar-refractivity contribution in [2.75, 3.05) is 0 Å². The molecule has 4 fully saturated rings. The van der Waals surface area contributed by atoms with E-state index in [2.05, 4.69) is 4.36 Å². The van der Waals surface area contributed by atoms with Crippen molar-refractivity contribution in [3.8, 4) is 0 Å². The van der Waals surface area contributed by atoms with Crippen molar-refractivity contribution in [3.05, 3.63) is 0 Å². The smallest absolute Gasteiger partial charge is 0.174 e. The third-order valence-electron chi connectivity index (χ3n) is 4.27. The monoisotopic (exact) mass is 283 g/mol. The third kappa shape index (κ3) is 3.24. The molecular formula is C11H16F3NO2S. The van der Waals surface area contributed by atoms with Gasteiger partial charge in [0.1, 0.15) is 0 Å². The summed E-state index contributed by atoms with van der Waals surface area (Å²) >= 11 is 0. The van der Waals surface area contributed by atoms with Crippen molar-refractivity contribution in [2.24, 2.45) is 22.1 Å². The molecule has 4 aliphatic rings. The first-order valence-electron chi connectivity index (χ1n) is 6.13. The maximum absolute atomic E-state index is 10.7. The van der Waals surface area contributed by atoms with Crippen molar-refractivity contribution < 1.29 is 21.6 Å². The van der Waals surface area contributed by atoms with Crippen LogP contribution in [0.2, 0.25) is 0 Å². The lowest BCUT2D eigenvalue weighted by atomic mass is 9.53. The minimum atomic E-state index is -3.67. The van der Waals surface area contributed by atoms with Gasteiger partial charge in [-0.05, 0) is 56.3 Å². The molecule has 0 atom stereocenters. The van der Waals surface area contributed by atoms with Gasteiger partial charge >= 0.3 is 17.2 Å². The summed E-state index contributed by atoms with van der Waals surface area (Å²) in [5.74, 6) is 2.32. The molecular weight excluding hydrogens is 267 g/mol. The van der Waals surface area contributed by atoms with Crippen molar-refractivity contribution >= 4 is 10.5 Å². The lowest BCUT2D eigenvalue weighted by molar-refractivity contribution is 0.00258. The highest BCUT2D eigenvalue weighted by Crippen LogP contribution is 2.57. The quantitative estimate of drug-likeness (QED) is 0.742. The van der Waals surface area contributed by atoms with E-state index in [1.807, 2.05) is 0 Å². The van der Waals surface area contributed by atoms with Crippen LogP contribution >= 0.6 is 0 Å². The number of nitrogens with zero attached hydrogens (tertiary/aromatic N) is 1. The lowest BCUT2D eigenvalue weighted by Gasteiger charge is -2.54. The molecule has 3 nitrogen and oxygen atoms in total. The molecule has 0 N–H and O–H groups in total. The average molecular weight is 283 g/mol. The zero-order valence-electron chi connectivity index (χ0n) is 9.86. The fourth-order valence-corrected chi connectivity index (χ4v) is 4.87. The second-order valence-electron chi connectivity index (χ2n) is 5.70. The van der Waals surface area contributed by atoms with Gasteiger partial charge in [0.25, 0.3) is 0 Å². The van der Waals surface area contributed by atoms with E-state index in [1.165, 1.54) is 19.3 Å². The predicted molar refractivity (Wildman–Crippen MR) is 59.4 cm³/mol. The summed E-state index contributed by atoms with van der Waals surface area (Å²) in [6.07, 6.45) is 7.10. The van der Waals surface area contributed by atoms with Crippen LogP contribution in [-0.2, 0) is 10.5 Å². The van der Waals surface area contributed by atoms with Crippen LogP contribution in [0.15, 0.2) is 4.36 Å². The van der Waals surface area contributed by atoms with Gasteiger partial charge in [0.05, 0.1) is 5.54 Å². The third-order valence-corrected chi connectivity index (χ3v) is 4.81. The van der Waals surface area contributed by atoms with Crippen LogP contribution in [0.1, 0.15) is 38.5 Å². The Morgan fingerprint density at radius 3 is 1.56 bits per heavy atom. The molecule has 0 spiro atoms. The van der Waals surface area contributed by atoms with Crippen molar-refractivity contribution in [1.82, 2.24) is 0 Å². The lowest BCUT2D eigenvalue weighted by Crippen LogP contribution is -2.49. The summed E-state index contributed by atoms with van der Waals surface area (Å²) in [4.78, 5) is 0. The zero-order chi connectivity index (χ0) is 13.3. The Balaban J connectivity index is 0.000000267. The predicted octanol–water partition coefficient (Wildman–Crippen LogP) is 3.20. The van der Waals surface area contributed by atoms with Gasteiger partial charge in [0, 0.05) is 0 Å². The van der Waals surface area contributed by atoms with Gasteiger partial charge in [-0.3, -0.25) is 0 Å². The standard InChI is InChI=1S/C10H15NO2S.CHF3/c12-14(13)11-10-4-7-1-8(5-10)3-9(2-7)6-10;2-1(3)4/h7-9H,1-6H2;1H. The number of alkyl halides is 3. The molecule has 0 aliphatic heterocycles. The second kappa shape index (κ2) is 5.19. The highest BCUT2D eigenvalue weighted by molar-refractivity contribution is 7.61. The van der Waals surface area contributed by atoms with E-state index in [-0.39, 0.29) is 5.54 Å². The number of rotatable bonds is 1. The molecule has 0 heterocycles. The van der Waals surface area contributed by atoms with Crippen molar-refractivity contribution in [3.63, 3.8) is 0 Å². The first kappa shape index (κ1) is 13.8. The summed E-state index contributed by atoms with van der Waals surface area (Å²) in [6.45, 7) is -3.67. The van der Waals surface area contributed by atoms with Gasteiger partial charge < -0.3 is 0 Å². The van der Waals surface area contributed by atoms with Gasteiger partial charge in [-0.15, -0.1) is 0 Å². The number of halogens is 3. The van der Waals surface area contributed by atoms with E-state index in [1.54, 1.807) is 0 Å². The molecule has 0 saturated heterocycles. The average Bonchev–Trinajstić information content (AvgIpc) is 2.10. The Morgan fingerprint density at radius 2 is 1.28 bits per heavy atom. The molecule has 0 aromatic carbocycles. The van der Waals surface area contributed by atoms with Crippen LogP contribution < -0.4 is 0 Å². The van der Waals surface area contributed by atoms with Crippen LogP contribution in [-0.4, -0.2) is 20.6 Å². The molecule has 18 heavy (non-hydrogen) atoms. The molecule has 0 amide bonds. The highest BCUT2D eigenvalue weighted by Gasteiger charge is 2.51. The van der Waals surface area contributed by atoms with Gasteiger partial charge in [0.2, 0.25) is 0 Å². The van der Waals surface area contributed by atoms with E-state index in [0.717, 1.165) is 37.0 Å².